The Morgan fingerprint density at radius 3 is 2.21 bits per heavy atom. The zero-order chi connectivity index (χ0) is 14.2. The number of ketones is 1. The van der Waals surface area contributed by atoms with Gasteiger partial charge in [-0.05, 0) is 49.2 Å². The van der Waals surface area contributed by atoms with Crippen LogP contribution in [0.5, 0.6) is 0 Å². The van der Waals surface area contributed by atoms with Gasteiger partial charge in [0, 0.05) is 10.0 Å². The molecule has 2 rings (SSSR count). The second kappa shape index (κ2) is 5.21. The van der Waals surface area contributed by atoms with Crippen molar-refractivity contribution in [3.63, 3.8) is 0 Å². The van der Waals surface area contributed by atoms with Crippen molar-refractivity contribution in [2.24, 2.45) is 0 Å². The van der Waals surface area contributed by atoms with Crippen molar-refractivity contribution >= 4 is 21.7 Å². The van der Waals surface area contributed by atoms with Crippen molar-refractivity contribution in [3.05, 3.63) is 68.7 Å². The molecule has 0 amide bonds. The van der Waals surface area contributed by atoms with Crippen LogP contribution in [0.1, 0.15) is 27.0 Å². The van der Waals surface area contributed by atoms with Gasteiger partial charge in [-0.1, -0.05) is 22.0 Å². The standard InChI is InChI=1S/C15H11BrF2O/c1-8-7-11(16)9(2)6-10(8)15(19)14-12(17)4-3-5-13(14)18/h3-7H,1-2H3. The van der Waals surface area contributed by atoms with E-state index in [1.165, 1.54) is 6.07 Å². The van der Waals surface area contributed by atoms with Crippen LogP contribution in [-0.4, -0.2) is 5.78 Å². The molecule has 0 bridgehead atoms. The van der Waals surface area contributed by atoms with E-state index in [9.17, 15) is 13.6 Å². The zero-order valence-corrected chi connectivity index (χ0v) is 12.0. The van der Waals surface area contributed by atoms with Gasteiger partial charge in [0.05, 0.1) is 5.56 Å². The molecule has 0 fully saturated rings. The van der Waals surface area contributed by atoms with E-state index in [0.29, 0.717) is 11.1 Å². The molecule has 0 aliphatic rings. The smallest absolute Gasteiger partial charge is 0.199 e. The Morgan fingerprint density at radius 2 is 1.63 bits per heavy atom. The van der Waals surface area contributed by atoms with Crippen molar-refractivity contribution in [2.45, 2.75) is 13.8 Å². The summed E-state index contributed by atoms with van der Waals surface area (Å²) >= 11 is 3.36. The molecule has 0 saturated carbocycles. The Morgan fingerprint density at radius 1 is 1.05 bits per heavy atom. The third-order valence-electron chi connectivity index (χ3n) is 2.94. The lowest BCUT2D eigenvalue weighted by Crippen LogP contribution is -2.09. The van der Waals surface area contributed by atoms with Crippen LogP contribution in [0.25, 0.3) is 0 Å². The van der Waals surface area contributed by atoms with Gasteiger partial charge in [-0.25, -0.2) is 8.78 Å². The molecule has 1 nitrogen and oxygen atoms in total. The van der Waals surface area contributed by atoms with Crippen LogP contribution >= 0.6 is 15.9 Å². The summed E-state index contributed by atoms with van der Waals surface area (Å²) in [7, 11) is 0. The van der Waals surface area contributed by atoms with Gasteiger partial charge >= 0.3 is 0 Å². The largest absolute Gasteiger partial charge is 0.288 e. The van der Waals surface area contributed by atoms with Crippen molar-refractivity contribution in [2.75, 3.05) is 0 Å². The van der Waals surface area contributed by atoms with E-state index >= 15 is 0 Å². The summed E-state index contributed by atoms with van der Waals surface area (Å²) < 4.78 is 28.1. The van der Waals surface area contributed by atoms with Gasteiger partial charge < -0.3 is 0 Å². The Kier molecular flexibility index (Phi) is 3.80. The first-order valence-corrected chi connectivity index (χ1v) is 6.46. The lowest BCUT2D eigenvalue weighted by molar-refractivity contribution is 0.103. The lowest BCUT2D eigenvalue weighted by atomic mass is 9.96. The zero-order valence-electron chi connectivity index (χ0n) is 10.4. The molecule has 0 heterocycles. The summed E-state index contributed by atoms with van der Waals surface area (Å²) in [6.07, 6.45) is 0. The van der Waals surface area contributed by atoms with Crippen LogP contribution in [0.3, 0.4) is 0 Å². The van der Waals surface area contributed by atoms with Crippen LogP contribution in [0, 0.1) is 25.5 Å². The first-order valence-electron chi connectivity index (χ1n) is 5.67. The Labute approximate surface area is 118 Å². The van der Waals surface area contributed by atoms with Crippen molar-refractivity contribution in [3.8, 4) is 0 Å². The number of halogens is 3. The first-order chi connectivity index (χ1) is 8.91. The van der Waals surface area contributed by atoms with Crippen LogP contribution in [-0.2, 0) is 0 Å². The van der Waals surface area contributed by atoms with Gasteiger partial charge in [-0.15, -0.1) is 0 Å². The molecule has 0 saturated heterocycles. The fraction of sp³-hybridized carbons (Fsp3) is 0.133. The van der Waals surface area contributed by atoms with Gasteiger partial charge in [-0.3, -0.25) is 4.79 Å². The quantitative estimate of drug-likeness (QED) is 0.739. The maximum Gasteiger partial charge on any atom is 0.199 e. The molecular weight excluding hydrogens is 314 g/mol. The molecule has 0 aliphatic heterocycles. The second-order valence-corrected chi connectivity index (χ2v) is 5.20. The monoisotopic (exact) mass is 324 g/mol. The normalized spacial score (nSPS) is 10.6. The third kappa shape index (κ3) is 2.59. The number of hydrogen-bond donors (Lipinski definition) is 0. The number of hydrogen-bond acceptors (Lipinski definition) is 1. The molecule has 2 aromatic carbocycles. The fourth-order valence-electron chi connectivity index (χ4n) is 1.87. The Bertz CT molecular complexity index is 645. The summed E-state index contributed by atoms with van der Waals surface area (Å²) in [4.78, 5) is 12.3. The summed E-state index contributed by atoms with van der Waals surface area (Å²) in [6.45, 7) is 3.55. The summed E-state index contributed by atoms with van der Waals surface area (Å²) in [5, 5.41) is 0. The molecule has 19 heavy (non-hydrogen) atoms. The van der Waals surface area contributed by atoms with Crippen LogP contribution in [0.4, 0.5) is 8.78 Å². The molecule has 0 aromatic heterocycles. The number of benzene rings is 2. The highest BCUT2D eigenvalue weighted by molar-refractivity contribution is 9.10. The minimum absolute atomic E-state index is 0.310. The maximum absolute atomic E-state index is 13.6. The topological polar surface area (TPSA) is 17.1 Å². The SMILES string of the molecule is Cc1cc(C(=O)c2c(F)cccc2F)c(C)cc1Br. The van der Waals surface area contributed by atoms with E-state index in [1.54, 1.807) is 19.1 Å². The molecule has 98 valence electrons. The average Bonchev–Trinajstić information content (AvgIpc) is 2.33. The average molecular weight is 325 g/mol. The van der Waals surface area contributed by atoms with Gasteiger partial charge in [0.25, 0.3) is 0 Å². The number of carbonyl (C=O) groups excluding carboxylic acids is 1. The molecule has 0 aliphatic carbocycles. The molecule has 0 atom stereocenters. The molecule has 2 aromatic rings. The molecule has 0 spiro atoms. The van der Waals surface area contributed by atoms with Gasteiger partial charge in [-0.2, -0.15) is 0 Å². The van der Waals surface area contributed by atoms with Gasteiger partial charge in [0.1, 0.15) is 11.6 Å². The second-order valence-electron chi connectivity index (χ2n) is 4.34. The van der Waals surface area contributed by atoms with E-state index in [0.717, 1.165) is 22.2 Å². The molecular formula is C15H11BrF2O. The Hall–Kier alpha value is -1.55. The molecule has 0 radical (unpaired) electrons. The summed E-state index contributed by atoms with van der Waals surface area (Å²) in [5.41, 5.74) is 1.31. The molecule has 0 N–H and O–H groups in total. The number of aryl methyl sites for hydroxylation is 2. The van der Waals surface area contributed by atoms with Crippen molar-refractivity contribution < 1.29 is 13.6 Å². The lowest BCUT2D eigenvalue weighted by Gasteiger charge is -2.09. The van der Waals surface area contributed by atoms with E-state index in [1.807, 2.05) is 6.92 Å². The fourth-order valence-corrected chi connectivity index (χ4v) is 2.33. The molecule has 4 heteroatoms. The molecule has 0 unspecified atom stereocenters. The number of rotatable bonds is 2. The highest BCUT2D eigenvalue weighted by atomic mass is 79.9. The van der Waals surface area contributed by atoms with Gasteiger partial charge in [0.2, 0.25) is 0 Å². The summed E-state index contributed by atoms with van der Waals surface area (Å²) in [5.74, 6) is -2.32. The predicted molar refractivity (Wildman–Crippen MR) is 73.4 cm³/mol. The van der Waals surface area contributed by atoms with Gasteiger partial charge in [0.15, 0.2) is 5.78 Å². The van der Waals surface area contributed by atoms with E-state index < -0.39 is 23.0 Å². The van der Waals surface area contributed by atoms with Crippen molar-refractivity contribution in [1.82, 2.24) is 0 Å². The van der Waals surface area contributed by atoms with Crippen LogP contribution in [0.2, 0.25) is 0 Å². The van der Waals surface area contributed by atoms with Crippen molar-refractivity contribution in [1.29, 1.82) is 0 Å². The van der Waals surface area contributed by atoms with Crippen LogP contribution in [0.15, 0.2) is 34.8 Å². The first kappa shape index (κ1) is 13.9. The minimum Gasteiger partial charge on any atom is -0.288 e. The van der Waals surface area contributed by atoms with E-state index in [-0.39, 0.29) is 0 Å². The summed E-state index contributed by atoms with van der Waals surface area (Å²) in [6, 6.07) is 6.80. The third-order valence-corrected chi connectivity index (χ3v) is 3.79. The highest BCUT2D eigenvalue weighted by Gasteiger charge is 2.20. The maximum atomic E-state index is 13.6. The van der Waals surface area contributed by atoms with Crippen LogP contribution < -0.4 is 0 Å². The number of carbonyl (C=O) groups is 1. The van der Waals surface area contributed by atoms with E-state index in [4.69, 9.17) is 0 Å². The highest BCUT2D eigenvalue weighted by Crippen LogP contribution is 2.24. The van der Waals surface area contributed by atoms with E-state index in [2.05, 4.69) is 15.9 Å². The predicted octanol–water partition coefficient (Wildman–Crippen LogP) is 4.58. The minimum atomic E-state index is -0.843. The Balaban J connectivity index is 2.60.